The molecular weight excluding hydrogens is 248 g/mol. The van der Waals surface area contributed by atoms with Gasteiger partial charge in [0.05, 0.1) is 0 Å². The summed E-state index contributed by atoms with van der Waals surface area (Å²) in [5, 5.41) is 1.10. The van der Waals surface area contributed by atoms with E-state index in [-0.39, 0.29) is 5.91 Å². The number of likely N-dealkylation sites (tertiary alicyclic amines) is 1. The number of amides is 1. The van der Waals surface area contributed by atoms with E-state index in [1.54, 1.807) is 0 Å². The number of para-hydroxylation sites is 1. The predicted molar refractivity (Wildman–Crippen MR) is 81.7 cm³/mol. The van der Waals surface area contributed by atoms with Gasteiger partial charge in [-0.1, -0.05) is 32.0 Å². The number of fused-ring (bicyclic) bond motifs is 1. The molecule has 3 unspecified atom stereocenters. The van der Waals surface area contributed by atoms with Gasteiger partial charge in [-0.3, -0.25) is 4.79 Å². The molecule has 3 rings (SSSR count). The molecule has 1 aromatic carbocycles. The molecule has 1 saturated heterocycles. The quantitative estimate of drug-likeness (QED) is 0.843. The van der Waals surface area contributed by atoms with Crippen molar-refractivity contribution in [1.82, 2.24) is 9.88 Å². The molecule has 1 aromatic heterocycles. The normalized spacial score (nSPS) is 26.9. The van der Waals surface area contributed by atoms with E-state index in [9.17, 15) is 4.79 Å². The minimum absolute atomic E-state index is 0.132. The Morgan fingerprint density at radius 2 is 2.00 bits per heavy atom. The van der Waals surface area contributed by atoms with E-state index in [0.29, 0.717) is 23.6 Å². The van der Waals surface area contributed by atoms with Gasteiger partial charge in [-0.25, -0.2) is 0 Å². The van der Waals surface area contributed by atoms with Crippen molar-refractivity contribution in [3.63, 3.8) is 0 Å². The fourth-order valence-electron chi connectivity index (χ4n) is 3.33. The summed E-state index contributed by atoms with van der Waals surface area (Å²) in [6.07, 6.45) is 1.21. The highest BCUT2D eigenvalue weighted by Gasteiger charge is 2.32. The number of hydrogen-bond donors (Lipinski definition) is 1. The zero-order valence-corrected chi connectivity index (χ0v) is 12.4. The van der Waals surface area contributed by atoms with Crippen LogP contribution in [0.1, 0.15) is 37.7 Å². The van der Waals surface area contributed by atoms with Gasteiger partial charge in [-0.2, -0.15) is 0 Å². The molecule has 0 aliphatic carbocycles. The van der Waals surface area contributed by atoms with Crippen LogP contribution in [0.4, 0.5) is 0 Å². The van der Waals surface area contributed by atoms with Crippen molar-refractivity contribution in [3.8, 4) is 0 Å². The van der Waals surface area contributed by atoms with Crippen LogP contribution in [-0.4, -0.2) is 28.4 Å². The highest BCUT2D eigenvalue weighted by atomic mass is 16.2. The maximum atomic E-state index is 12.8. The van der Waals surface area contributed by atoms with Crippen LogP contribution in [0.25, 0.3) is 10.9 Å². The Labute approximate surface area is 120 Å². The van der Waals surface area contributed by atoms with E-state index >= 15 is 0 Å². The number of nitrogens with zero attached hydrogens (tertiary/aromatic N) is 1. The number of rotatable bonds is 1. The lowest BCUT2D eigenvalue weighted by molar-refractivity contribution is 0.0451. The maximum absolute atomic E-state index is 12.8. The first-order valence-corrected chi connectivity index (χ1v) is 7.45. The van der Waals surface area contributed by atoms with Crippen LogP contribution < -0.4 is 0 Å². The van der Waals surface area contributed by atoms with E-state index in [1.807, 2.05) is 35.2 Å². The van der Waals surface area contributed by atoms with Gasteiger partial charge in [0.15, 0.2) is 0 Å². The van der Waals surface area contributed by atoms with Crippen LogP contribution in [0.3, 0.4) is 0 Å². The van der Waals surface area contributed by atoms with Gasteiger partial charge in [0.1, 0.15) is 5.69 Å². The topological polar surface area (TPSA) is 36.1 Å². The zero-order chi connectivity index (χ0) is 14.3. The fourth-order valence-corrected chi connectivity index (χ4v) is 3.33. The largest absolute Gasteiger partial charge is 0.351 e. The molecule has 1 aliphatic heterocycles. The standard InChI is InChI=1S/C17H22N2O/c1-11-8-12(2)13(3)19(10-11)17(20)16-9-14-6-4-5-7-15(14)18-16/h4-7,9,11-13,18H,8,10H2,1-3H3. The Bertz CT molecular complexity index is 598. The van der Waals surface area contributed by atoms with Gasteiger partial charge in [-0.15, -0.1) is 0 Å². The first-order valence-electron chi connectivity index (χ1n) is 7.45. The van der Waals surface area contributed by atoms with Crippen molar-refractivity contribution in [1.29, 1.82) is 0 Å². The highest BCUT2D eigenvalue weighted by molar-refractivity contribution is 5.98. The van der Waals surface area contributed by atoms with Crippen molar-refractivity contribution in [2.45, 2.75) is 33.2 Å². The molecule has 2 aromatic rings. The van der Waals surface area contributed by atoms with Gasteiger partial charge in [-0.05, 0) is 37.3 Å². The molecule has 1 aliphatic rings. The third-order valence-electron chi connectivity index (χ3n) is 4.62. The molecule has 1 amide bonds. The van der Waals surface area contributed by atoms with Crippen LogP contribution in [0.15, 0.2) is 30.3 Å². The van der Waals surface area contributed by atoms with Gasteiger partial charge in [0.2, 0.25) is 0 Å². The Balaban J connectivity index is 1.91. The summed E-state index contributed by atoms with van der Waals surface area (Å²) in [5.74, 6) is 1.27. The number of hydrogen-bond acceptors (Lipinski definition) is 1. The van der Waals surface area contributed by atoms with Crippen LogP contribution in [0.2, 0.25) is 0 Å². The zero-order valence-electron chi connectivity index (χ0n) is 12.4. The monoisotopic (exact) mass is 270 g/mol. The first kappa shape index (κ1) is 13.2. The molecule has 1 N–H and O–H groups in total. The van der Waals surface area contributed by atoms with Crippen molar-refractivity contribution in [2.24, 2.45) is 11.8 Å². The van der Waals surface area contributed by atoms with Crippen molar-refractivity contribution in [2.75, 3.05) is 6.54 Å². The predicted octanol–water partition coefficient (Wildman–Crippen LogP) is 3.67. The Morgan fingerprint density at radius 1 is 1.25 bits per heavy atom. The number of benzene rings is 1. The number of carbonyl (C=O) groups is 1. The van der Waals surface area contributed by atoms with E-state index in [0.717, 1.165) is 17.4 Å². The van der Waals surface area contributed by atoms with Gasteiger partial charge in [0.25, 0.3) is 5.91 Å². The Kier molecular flexibility index (Phi) is 3.28. The van der Waals surface area contributed by atoms with E-state index in [4.69, 9.17) is 0 Å². The third kappa shape index (κ3) is 2.21. The lowest BCUT2D eigenvalue weighted by atomic mass is 9.86. The molecule has 2 heterocycles. The highest BCUT2D eigenvalue weighted by Crippen LogP contribution is 2.28. The summed E-state index contributed by atoms with van der Waals surface area (Å²) in [7, 11) is 0. The minimum Gasteiger partial charge on any atom is -0.351 e. The van der Waals surface area contributed by atoms with Gasteiger partial charge >= 0.3 is 0 Å². The van der Waals surface area contributed by atoms with Crippen LogP contribution in [0, 0.1) is 11.8 Å². The lowest BCUT2D eigenvalue weighted by Crippen LogP contribution is -2.48. The molecular formula is C17H22N2O. The number of aromatic nitrogens is 1. The van der Waals surface area contributed by atoms with Crippen LogP contribution in [0.5, 0.6) is 0 Å². The van der Waals surface area contributed by atoms with E-state index < -0.39 is 0 Å². The van der Waals surface area contributed by atoms with E-state index in [1.165, 1.54) is 6.42 Å². The second-order valence-corrected chi connectivity index (χ2v) is 6.29. The van der Waals surface area contributed by atoms with Crippen molar-refractivity contribution in [3.05, 3.63) is 36.0 Å². The molecule has 1 fully saturated rings. The van der Waals surface area contributed by atoms with Gasteiger partial charge in [0, 0.05) is 23.5 Å². The maximum Gasteiger partial charge on any atom is 0.270 e. The Morgan fingerprint density at radius 3 is 2.75 bits per heavy atom. The number of aromatic amines is 1. The molecule has 3 nitrogen and oxygen atoms in total. The molecule has 0 spiro atoms. The lowest BCUT2D eigenvalue weighted by Gasteiger charge is -2.40. The summed E-state index contributed by atoms with van der Waals surface area (Å²) in [6.45, 7) is 7.50. The summed E-state index contributed by atoms with van der Waals surface area (Å²) < 4.78 is 0. The summed E-state index contributed by atoms with van der Waals surface area (Å²) >= 11 is 0. The summed E-state index contributed by atoms with van der Waals surface area (Å²) in [4.78, 5) is 18.0. The number of nitrogens with one attached hydrogen (secondary N) is 1. The molecule has 0 saturated carbocycles. The third-order valence-corrected chi connectivity index (χ3v) is 4.62. The molecule has 3 heteroatoms. The average molecular weight is 270 g/mol. The van der Waals surface area contributed by atoms with Crippen molar-refractivity contribution >= 4 is 16.8 Å². The smallest absolute Gasteiger partial charge is 0.270 e. The van der Waals surface area contributed by atoms with Crippen LogP contribution in [-0.2, 0) is 0 Å². The number of carbonyl (C=O) groups excluding carboxylic acids is 1. The second-order valence-electron chi connectivity index (χ2n) is 6.29. The van der Waals surface area contributed by atoms with Crippen molar-refractivity contribution < 1.29 is 4.79 Å². The van der Waals surface area contributed by atoms with Crippen LogP contribution >= 0.6 is 0 Å². The number of piperidine rings is 1. The Hall–Kier alpha value is -1.77. The molecule has 0 bridgehead atoms. The van der Waals surface area contributed by atoms with E-state index in [2.05, 4.69) is 25.8 Å². The average Bonchev–Trinajstić information content (AvgIpc) is 2.86. The van der Waals surface area contributed by atoms with Gasteiger partial charge < -0.3 is 9.88 Å². The molecule has 3 atom stereocenters. The second kappa shape index (κ2) is 4.97. The molecule has 0 radical (unpaired) electrons. The fraction of sp³-hybridized carbons (Fsp3) is 0.471. The molecule has 106 valence electrons. The summed E-state index contributed by atoms with van der Waals surface area (Å²) in [5.41, 5.74) is 1.74. The minimum atomic E-state index is 0.132. The number of H-pyrrole nitrogens is 1. The first-order chi connectivity index (χ1) is 9.56. The SMILES string of the molecule is CC1CC(C)C(C)N(C(=O)c2cc3ccccc3[nH]2)C1. The molecule has 20 heavy (non-hydrogen) atoms. The summed E-state index contributed by atoms with van der Waals surface area (Å²) in [6, 6.07) is 10.3.